The standard InChI is InChI=1S/C21H24O8S/c1-17-7-9-19(10-8-17)30(24,25)29-16-14-27-12-11-26-13-15-28-21(23)20(22)18-5-3-2-4-6-18/h2-10H,11-16H2,1H3. The maximum absolute atomic E-state index is 12.0. The van der Waals surface area contributed by atoms with E-state index in [1.54, 1.807) is 30.3 Å². The highest BCUT2D eigenvalue weighted by molar-refractivity contribution is 7.86. The number of hydrogen-bond donors (Lipinski definition) is 0. The zero-order chi connectivity index (χ0) is 21.8. The van der Waals surface area contributed by atoms with Crippen LogP contribution in [-0.2, 0) is 33.3 Å². The van der Waals surface area contributed by atoms with Crippen molar-refractivity contribution in [2.45, 2.75) is 11.8 Å². The van der Waals surface area contributed by atoms with Gasteiger partial charge in [-0.15, -0.1) is 0 Å². The minimum atomic E-state index is -3.80. The van der Waals surface area contributed by atoms with E-state index >= 15 is 0 Å². The van der Waals surface area contributed by atoms with Gasteiger partial charge in [0.15, 0.2) is 0 Å². The van der Waals surface area contributed by atoms with Crippen LogP contribution in [0.15, 0.2) is 59.5 Å². The molecule has 0 N–H and O–H groups in total. The Morgan fingerprint density at radius 1 is 0.767 bits per heavy atom. The lowest BCUT2D eigenvalue weighted by Gasteiger charge is -2.08. The molecule has 2 rings (SSSR count). The third-order valence-electron chi connectivity index (χ3n) is 3.83. The summed E-state index contributed by atoms with van der Waals surface area (Å²) < 4.78 is 44.2. The highest BCUT2D eigenvalue weighted by Crippen LogP contribution is 2.12. The molecule has 2 aromatic carbocycles. The molecule has 0 aliphatic carbocycles. The van der Waals surface area contributed by atoms with E-state index in [0.29, 0.717) is 0 Å². The fourth-order valence-electron chi connectivity index (χ4n) is 2.26. The first-order valence-electron chi connectivity index (χ1n) is 9.28. The molecule has 0 aliphatic rings. The smallest absolute Gasteiger partial charge is 0.379 e. The number of hydrogen-bond acceptors (Lipinski definition) is 8. The minimum Gasteiger partial charge on any atom is -0.457 e. The summed E-state index contributed by atoms with van der Waals surface area (Å²) in [6, 6.07) is 14.5. The Kier molecular flexibility index (Phi) is 9.62. The zero-order valence-electron chi connectivity index (χ0n) is 16.6. The second-order valence-electron chi connectivity index (χ2n) is 6.14. The Balaban J connectivity index is 1.50. The summed E-state index contributed by atoms with van der Waals surface area (Å²) in [5, 5.41) is 0. The van der Waals surface area contributed by atoms with Crippen molar-refractivity contribution in [3.05, 3.63) is 65.7 Å². The highest BCUT2D eigenvalue weighted by Gasteiger charge is 2.17. The Morgan fingerprint density at radius 3 is 1.97 bits per heavy atom. The Morgan fingerprint density at radius 2 is 1.33 bits per heavy atom. The molecule has 9 heteroatoms. The van der Waals surface area contributed by atoms with Crippen LogP contribution in [0.2, 0.25) is 0 Å². The van der Waals surface area contributed by atoms with Gasteiger partial charge in [0.25, 0.3) is 15.9 Å². The van der Waals surface area contributed by atoms with Crippen molar-refractivity contribution in [1.82, 2.24) is 0 Å². The molecule has 8 nitrogen and oxygen atoms in total. The van der Waals surface area contributed by atoms with Gasteiger partial charge in [0, 0.05) is 5.56 Å². The van der Waals surface area contributed by atoms with E-state index in [4.69, 9.17) is 18.4 Å². The fourth-order valence-corrected chi connectivity index (χ4v) is 3.16. The topological polar surface area (TPSA) is 105 Å². The molecular formula is C21H24O8S. The van der Waals surface area contributed by atoms with E-state index in [1.807, 2.05) is 6.92 Å². The number of rotatable bonds is 13. The van der Waals surface area contributed by atoms with Crippen LogP contribution < -0.4 is 0 Å². The second kappa shape index (κ2) is 12.2. The first-order valence-corrected chi connectivity index (χ1v) is 10.7. The molecule has 0 unspecified atom stereocenters. The third-order valence-corrected chi connectivity index (χ3v) is 5.16. The molecule has 0 radical (unpaired) electrons. The number of Topliss-reactive ketones (excluding diaryl/α,β-unsaturated/α-hetero) is 1. The van der Waals surface area contributed by atoms with Gasteiger partial charge in [-0.3, -0.25) is 8.98 Å². The second-order valence-corrected chi connectivity index (χ2v) is 7.76. The molecule has 0 aromatic heterocycles. The molecular weight excluding hydrogens is 412 g/mol. The molecule has 0 saturated carbocycles. The number of carbonyl (C=O) groups is 2. The van der Waals surface area contributed by atoms with Gasteiger partial charge in [-0.25, -0.2) is 4.79 Å². The van der Waals surface area contributed by atoms with E-state index in [9.17, 15) is 18.0 Å². The van der Waals surface area contributed by atoms with Gasteiger partial charge in [-0.05, 0) is 19.1 Å². The predicted octanol–water partition coefficient (Wildman–Crippen LogP) is 2.16. The molecule has 0 fully saturated rings. The number of ether oxygens (including phenoxy) is 3. The SMILES string of the molecule is Cc1ccc(S(=O)(=O)OCCOCCOCCOC(=O)C(=O)c2ccccc2)cc1. The van der Waals surface area contributed by atoms with E-state index in [-0.39, 0.29) is 50.1 Å². The zero-order valence-corrected chi connectivity index (χ0v) is 17.4. The molecule has 30 heavy (non-hydrogen) atoms. The number of aryl methyl sites for hydroxylation is 1. The number of esters is 1. The van der Waals surface area contributed by atoms with Gasteiger partial charge in [0.1, 0.15) is 6.61 Å². The fraction of sp³-hybridized carbons (Fsp3) is 0.333. The molecule has 0 aliphatic heterocycles. The Labute approximate surface area is 175 Å². The van der Waals surface area contributed by atoms with Crippen molar-refractivity contribution in [2.75, 3.05) is 39.6 Å². The normalized spacial score (nSPS) is 11.2. The van der Waals surface area contributed by atoms with E-state index in [1.165, 1.54) is 24.3 Å². The highest BCUT2D eigenvalue weighted by atomic mass is 32.2. The minimum absolute atomic E-state index is 0.0602. The molecule has 162 valence electrons. The van der Waals surface area contributed by atoms with Crippen molar-refractivity contribution >= 4 is 21.9 Å². The lowest BCUT2D eigenvalue weighted by molar-refractivity contribution is -0.139. The van der Waals surface area contributed by atoms with Crippen molar-refractivity contribution in [3.8, 4) is 0 Å². The van der Waals surface area contributed by atoms with E-state index in [0.717, 1.165) is 5.56 Å². The Hall–Kier alpha value is -2.59. The van der Waals surface area contributed by atoms with Gasteiger partial charge in [0.2, 0.25) is 0 Å². The van der Waals surface area contributed by atoms with Crippen molar-refractivity contribution in [2.24, 2.45) is 0 Å². The summed E-state index contributed by atoms with van der Waals surface area (Å²) in [7, 11) is -3.80. The average Bonchev–Trinajstić information content (AvgIpc) is 2.75. The van der Waals surface area contributed by atoms with Crippen LogP contribution >= 0.6 is 0 Å². The van der Waals surface area contributed by atoms with Crippen LogP contribution in [0.1, 0.15) is 15.9 Å². The third kappa shape index (κ3) is 8.03. The molecule has 2 aromatic rings. The van der Waals surface area contributed by atoms with Crippen LogP contribution in [0.25, 0.3) is 0 Å². The summed E-state index contributed by atoms with van der Waals surface area (Å²) in [5.74, 6) is -1.65. The summed E-state index contributed by atoms with van der Waals surface area (Å²) in [6.07, 6.45) is 0. The van der Waals surface area contributed by atoms with Crippen molar-refractivity contribution < 1.29 is 36.4 Å². The molecule has 0 spiro atoms. The first-order chi connectivity index (χ1) is 14.4. The molecule has 0 amide bonds. The summed E-state index contributed by atoms with van der Waals surface area (Å²) in [6.45, 7) is 2.30. The molecule has 0 bridgehead atoms. The van der Waals surface area contributed by atoms with Gasteiger partial charge in [0.05, 0.1) is 37.9 Å². The van der Waals surface area contributed by atoms with Crippen LogP contribution in [0.5, 0.6) is 0 Å². The van der Waals surface area contributed by atoms with E-state index < -0.39 is 21.9 Å². The predicted molar refractivity (Wildman–Crippen MR) is 108 cm³/mol. The van der Waals surface area contributed by atoms with Crippen LogP contribution in [0.4, 0.5) is 0 Å². The Bertz CT molecular complexity index is 908. The van der Waals surface area contributed by atoms with Crippen LogP contribution in [-0.4, -0.2) is 59.8 Å². The number of ketones is 1. The van der Waals surface area contributed by atoms with Gasteiger partial charge in [-0.1, -0.05) is 48.0 Å². The van der Waals surface area contributed by atoms with Gasteiger partial charge >= 0.3 is 5.97 Å². The monoisotopic (exact) mass is 436 g/mol. The van der Waals surface area contributed by atoms with Gasteiger partial charge < -0.3 is 14.2 Å². The quantitative estimate of drug-likeness (QED) is 0.155. The molecule has 0 atom stereocenters. The maximum Gasteiger partial charge on any atom is 0.379 e. The largest absolute Gasteiger partial charge is 0.457 e. The number of carbonyl (C=O) groups excluding carboxylic acids is 2. The number of benzene rings is 2. The van der Waals surface area contributed by atoms with Crippen molar-refractivity contribution in [3.63, 3.8) is 0 Å². The lowest BCUT2D eigenvalue weighted by atomic mass is 10.1. The maximum atomic E-state index is 12.0. The van der Waals surface area contributed by atoms with E-state index in [2.05, 4.69) is 0 Å². The summed E-state index contributed by atoms with van der Waals surface area (Å²) in [5.41, 5.74) is 1.22. The lowest BCUT2D eigenvalue weighted by Crippen LogP contribution is -2.20. The summed E-state index contributed by atoms with van der Waals surface area (Å²) in [4.78, 5) is 23.5. The molecule has 0 saturated heterocycles. The van der Waals surface area contributed by atoms with Crippen LogP contribution in [0, 0.1) is 6.92 Å². The average molecular weight is 436 g/mol. The molecule has 0 heterocycles. The summed E-state index contributed by atoms with van der Waals surface area (Å²) >= 11 is 0. The van der Waals surface area contributed by atoms with Crippen LogP contribution in [0.3, 0.4) is 0 Å². The van der Waals surface area contributed by atoms with Gasteiger partial charge in [-0.2, -0.15) is 8.42 Å². The van der Waals surface area contributed by atoms with Crippen molar-refractivity contribution in [1.29, 1.82) is 0 Å². The first kappa shape index (κ1) is 23.7.